The third kappa shape index (κ3) is 3.03. The zero-order chi connectivity index (χ0) is 9.68. The van der Waals surface area contributed by atoms with Gasteiger partial charge in [0.05, 0.1) is 11.1 Å². The first-order valence-electron chi connectivity index (χ1n) is 4.69. The van der Waals surface area contributed by atoms with Crippen molar-refractivity contribution in [3.8, 4) is 5.75 Å². The molecule has 0 unspecified atom stereocenters. The molecule has 1 aromatic rings. The normalized spacial score (nSPS) is 10.1. The number of hydrogen-bond acceptors (Lipinski definition) is 1. The highest BCUT2D eigenvalue weighted by atomic mass is 79.9. The van der Waals surface area contributed by atoms with Crippen LogP contribution in [0.25, 0.3) is 0 Å². The predicted molar refractivity (Wildman–Crippen MR) is 59.3 cm³/mol. The summed E-state index contributed by atoms with van der Waals surface area (Å²) in [5.41, 5.74) is 1.36. The van der Waals surface area contributed by atoms with Gasteiger partial charge in [-0.2, -0.15) is 0 Å². The molecule has 0 saturated carbocycles. The standard InChI is InChI=1S/C11H15BrO/c1-3-5-9-6-7-11(13-4-2)10(12)8-9/h6-8H,3-5H2,1-2H3. The van der Waals surface area contributed by atoms with Crippen molar-refractivity contribution >= 4 is 15.9 Å². The summed E-state index contributed by atoms with van der Waals surface area (Å²) in [6.07, 6.45) is 2.31. The SMILES string of the molecule is CCCc1ccc(OCC)c(Br)c1. The molecule has 0 N–H and O–H groups in total. The Balaban J connectivity index is 2.79. The average molecular weight is 243 g/mol. The van der Waals surface area contributed by atoms with Crippen LogP contribution in [-0.4, -0.2) is 6.61 Å². The van der Waals surface area contributed by atoms with E-state index in [9.17, 15) is 0 Å². The van der Waals surface area contributed by atoms with E-state index in [0.717, 1.165) is 16.6 Å². The zero-order valence-electron chi connectivity index (χ0n) is 8.14. The summed E-state index contributed by atoms with van der Waals surface area (Å²) in [7, 11) is 0. The lowest BCUT2D eigenvalue weighted by Gasteiger charge is -2.07. The van der Waals surface area contributed by atoms with Gasteiger partial charge in [0.25, 0.3) is 0 Å². The first kappa shape index (κ1) is 10.6. The Morgan fingerprint density at radius 3 is 2.62 bits per heavy atom. The van der Waals surface area contributed by atoms with Crippen LogP contribution in [0.3, 0.4) is 0 Å². The molecule has 1 aromatic carbocycles. The van der Waals surface area contributed by atoms with Gasteiger partial charge in [-0.1, -0.05) is 19.4 Å². The van der Waals surface area contributed by atoms with E-state index in [1.807, 2.05) is 13.0 Å². The summed E-state index contributed by atoms with van der Waals surface area (Å²) in [4.78, 5) is 0. The summed E-state index contributed by atoms with van der Waals surface area (Å²) in [5, 5.41) is 0. The van der Waals surface area contributed by atoms with E-state index in [-0.39, 0.29) is 0 Å². The van der Waals surface area contributed by atoms with Crippen LogP contribution >= 0.6 is 15.9 Å². The summed E-state index contributed by atoms with van der Waals surface area (Å²) >= 11 is 3.49. The van der Waals surface area contributed by atoms with Crippen molar-refractivity contribution in [2.45, 2.75) is 26.7 Å². The van der Waals surface area contributed by atoms with Crippen molar-refractivity contribution < 1.29 is 4.74 Å². The van der Waals surface area contributed by atoms with E-state index in [0.29, 0.717) is 6.61 Å². The molecule has 0 aliphatic carbocycles. The van der Waals surface area contributed by atoms with Crippen LogP contribution < -0.4 is 4.74 Å². The fourth-order valence-electron chi connectivity index (χ4n) is 1.26. The van der Waals surface area contributed by atoms with Gasteiger partial charge in [0.1, 0.15) is 5.75 Å². The van der Waals surface area contributed by atoms with E-state index >= 15 is 0 Å². The summed E-state index contributed by atoms with van der Waals surface area (Å²) in [5.74, 6) is 0.933. The molecule has 0 atom stereocenters. The maximum atomic E-state index is 5.42. The Kier molecular flexibility index (Phi) is 4.29. The highest BCUT2D eigenvalue weighted by molar-refractivity contribution is 9.10. The molecule has 1 nitrogen and oxygen atoms in total. The quantitative estimate of drug-likeness (QED) is 0.781. The van der Waals surface area contributed by atoms with Gasteiger partial charge >= 0.3 is 0 Å². The van der Waals surface area contributed by atoms with E-state index in [1.54, 1.807) is 0 Å². The van der Waals surface area contributed by atoms with E-state index in [2.05, 4.69) is 35.0 Å². The number of halogens is 1. The molecule has 13 heavy (non-hydrogen) atoms. The van der Waals surface area contributed by atoms with E-state index < -0.39 is 0 Å². The molecule has 0 bridgehead atoms. The molecule has 0 aliphatic heterocycles. The van der Waals surface area contributed by atoms with Gasteiger partial charge in [0, 0.05) is 0 Å². The lowest BCUT2D eigenvalue weighted by molar-refractivity contribution is 0.338. The van der Waals surface area contributed by atoms with Gasteiger partial charge in [-0.25, -0.2) is 0 Å². The van der Waals surface area contributed by atoms with E-state index in [1.165, 1.54) is 12.0 Å². The number of hydrogen-bond donors (Lipinski definition) is 0. The largest absolute Gasteiger partial charge is 0.493 e. The monoisotopic (exact) mass is 242 g/mol. The second-order valence-corrected chi connectivity index (χ2v) is 3.80. The zero-order valence-corrected chi connectivity index (χ0v) is 9.73. The minimum atomic E-state index is 0.714. The van der Waals surface area contributed by atoms with Crippen LogP contribution in [0.2, 0.25) is 0 Å². The fraction of sp³-hybridized carbons (Fsp3) is 0.455. The van der Waals surface area contributed by atoms with Gasteiger partial charge < -0.3 is 4.74 Å². The third-order valence-corrected chi connectivity index (χ3v) is 2.45. The molecule has 0 heterocycles. The predicted octanol–water partition coefficient (Wildman–Crippen LogP) is 3.80. The number of rotatable bonds is 4. The number of aryl methyl sites for hydroxylation is 1. The molecule has 72 valence electrons. The summed E-state index contributed by atoms with van der Waals surface area (Å²) in [6, 6.07) is 6.28. The third-order valence-electron chi connectivity index (χ3n) is 1.83. The van der Waals surface area contributed by atoms with Crippen LogP contribution in [0, 0.1) is 0 Å². The van der Waals surface area contributed by atoms with Crippen molar-refractivity contribution in [2.24, 2.45) is 0 Å². The van der Waals surface area contributed by atoms with Crippen LogP contribution in [0.5, 0.6) is 5.75 Å². The molecule has 0 radical (unpaired) electrons. The molecule has 0 amide bonds. The van der Waals surface area contributed by atoms with Gasteiger partial charge in [-0.05, 0) is 47.0 Å². The summed E-state index contributed by atoms with van der Waals surface area (Å²) in [6.45, 7) is 4.89. The molecule has 0 saturated heterocycles. The summed E-state index contributed by atoms with van der Waals surface area (Å²) < 4.78 is 6.48. The van der Waals surface area contributed by atoms with Crippen molar-refractivity contribution in [3.63, 3.8) is 0 Å². The van der Waals surface area contributed by atoms with Gasteiger partial charge in [-0.15, -0.1) is 0 Å². The Bertz CT molecular complexity index is 271. The molecule has 0 fully saturated rings. The van der Waals surface area contributed by atoms with E-state index in [4.69, 9.17) is 4.74 Å². The molecule has 0 aromatic heterocycles. The van der Waals surface area contributed by atoms with Gasteiger partial charge in [0.15, 0.2) is 0 Å². The highest BCUT2D eigenvalue weighted by Gasteiger charge is 2.00. The van der Waals surface area contributed by atoms with Gasteiger partial charge in [-0.3, -0.25) is 0 Å². The van der Waals surface area contributed by atoms with Crippen LogP contribution in [0.1, 0.15) is 25.8 Å². The first-order valence-corrected chi connectivity index (χ1v) is 5.48. The average Bonchev–Trinajstić information content (AvgIpc) is 2.10. The molecule has 1 rings (SSSR count). The maximum Gasteiger partial charge on any atom is 0.133 e. The lowest BCUT2D eigenvalue weighted by Crippen LogP contribution is -1.93. The van der Waals surface area contributed by atoms with Crippen molar-refractivity contribution in [3.05, 3.63) is 28.2 Å². The minimum absolute atomic E-state index is 0.714. The highest BCUT2D eigenvalue weighted by Crippen LogP contribution is 2.26. The van der Waals surface area contributed by atoms with Crippen LogP contribution in [-0.2, 0) is 6.42 Å². The second-order valence-electron chi connectivity index (χ2n) is 2.95. The first-order chi connectivity index (χ1) is 6.27. The molecule has 2 heteroatoms. The molecule has 0 spiro atoms. The molecule has 0 aliphatic rings. The van der Waals surface area contributed by atoms with Crippen LogP contribution in [0.15, 0.2) is 22.7 Å². The number of benzene rings is 1. The maximum absolute atomic E-state index is 5.42. The van der Waals surface area contributed by atoms with Crippen molar-refractivity contribution in [1.29, 1.82) is 0 Å². The van der Waals surface area contributed by atoms with Crippen LogP contribution in [0.4, 0.5) is 0 Å². The Hall–Kier alpha value is -0.500. The fourth-order valence-corrected chi connectivity index (χ4v) is 1.80. The Morgan fingerprint density at radius 2 is 2.08 bits per heavy atom. The van der Waals surface area contributed by atoms with Crippen molar-refractivity contribution in [1.82, 2.24) is 0 Å². The van der Waals surface area contributed by atoms with Crippen molar-refractivity contribution in [2.75, 3.05) is 6.61 Å². The Morgan fingerprint density at radius 1 is 1.31 bits per heavy atom. The molecular formula is C11H15BrO. The smallest absolute Gasteiger partial charge is 0.133 e. The Labute approximate surface area is 88.2 Å². The minimum Gasteiger partial charge on any atom is -0.493 e. The second kappa shape index (κ2) is 5.28. The van der Waals surface area contributed by atoms with Gasteiger partial charge in [0.2, 0.25) is 0 Å². The lowest BCUT2D eigenvalue weighted by atomic mass is 10.1. The molecular weight excluding hydrogens is 228 g/mol. The number of ether oxygens (including phenoxy) is 1. The topological polar surface area (TPSA) is 9.23 Å².